The molecule has 1 fully saturated rings. The summed E-state index contributed by atoms with van der Waals surface area (Å²) >= 11 is 3.28. The molecule has 2 atom stereocenters. The highest BCUT2D eigenvalue weighted by Crippen LogP contribution is 2.36. The highest BCUT2D eigenvalue weighted by Gasteiger charge is 2.32. The van der Waals surface area contributed by atoms with Gasteiger partial charge in [-0.1, -0.05) is 6.92 Å². The number of hydrazine groups is 1. The van der Waals surface area contributed by atoms with Crippen LogP contribution in [-0.4, -0.2) is 17.4 Å². The molecule has 17 heavy (non-hydrogen) atoms. The third-order valence-electron chi connectivity index (χ3n) is 3.04. The second-order valence-electron chi connectivity index (χ2n) is 4.38. The van der Waals surface area contributed by atoms with Gasteiger partial charge in [0, 0.05) is 17.2 Å². The van der Waals surface area contributed by atoms with Crippen LogP contribution in [0.3, 0.4) is 0 Å². The lowest BCUT2D eigenvalue weighted by Crippen LogP contribution is -2.27. The number of nitrogen functional groups attached to an aromatic ring is 1. The number of carbonyl (C=O) groups is 1. The fourth-order valence-corrected chi connectivity index (χ4v) is 2.06. The Hall–Kier alpha value is -1.14. The third kappa shape index (κ3) is 2.95. The number of aromatic nitrogens is 1. The number of nitrogens with zero attached hydrogens (tertiary/aromatic N) is 1. The number of nitrogens with one attached hydrogen (secondary N) is 2. The minimum absolute atomic E-state index is 0.147. The smallest absolute Gasteiger partial charge is 0.255 e. The molecule has 1 heterocycles. The molecule has 1 amide bonds. The standard InChI is InChI=1S/C11H15BrN4O/c1-6-2-7(6)4-15-11(17)9-3-8(12)5-14-10(9)16-13/h3,5-7H,2,4,13H2,1H3,(H,14,16)(H,15,17). The fraction of sp³-hybridized carbons (Fsp3) is 0.455. The number of rotatable bonds is 4. The maximum Gasteiger partial charge on any atom is 0.255 e. The first kappa shape index (κ1) is 12.3. The zero-order valence-electron chi connectivity index (χ0n) is 9.53. The van der Waals surface area contributed by atoms with Gasteiger partial charge in [-0.3, -0.25) is 4.79 Å². The van der Waals surface area contributed by atoms with Gasteiger partial charge in [-0.15, -0.1) is 0 Å². The van der Waals surface area contributed by atoms with Crippen molar-refractivity contribution in [2.24, 2.45) is 17.7 Å². The number of hydrogen-bond acceptors (Lipinski definition) is 4. The van der Waals surface area contributed by atoms with Crippen molar-refractivity contribution in [1.82, 2.24) is 10.3 Å². The molecular formula is C11H15BrN4O. The molecule has 6 heteroatoms. The van der Waals surface area contributed by atoms with Crippen LogP contribution in [0, 0.1) is 11.8 Å². The molecule has 5 nitrogen and oxygen atoms in total. The molecule has 0 radical (unpaired) electrons. The number of hydrogen-bond donors (Lipinski definition) is 3. The summed E-state index contributed by atoms with van der Waals surface area (Å²) in [6, 6.07) is 1.70. The van der Waals surface area contributed by atoms with E-state index in [1.54, 1.807) is 12.3 Å². The first-order valence-corrected chi connectivity index (χ1v) is 6.31. The van der Waals surface area contributed by atoms with Crippen LogP contribution in [0.2, 0.25) is 0 Å². The van der Waals surface area contributed by atoms with Crippen LogP contribution >= 0.6 is 15.9 Å². The highest BCUT2D eigenvalue weighted by molar-refractivity contribution is 9.10. The predicted molar refractivity (Wildman–Crippen MR) is 69.4 cm³/mol. The average molecular weight is 299 g/mol. The second kappa shape index (κ2) is 5.01. The van der Waals surface area contributed by atoms with Crippen LogP contribution < -0.4 is 16.6 Å². The van der Waals surface area contributed by atoms with Crippen molar-refractivity contribution in [1.29, 1.82) is 0 Å². The summed E-state index contributed by atoms with van der Waals surface area (Å²) in [6.07, 6.45) is 2.79. The van der Waals surface area contributed by atoms with Gasteiger partial charge in [0.15, 0.2) is 5.82 Å². The number of halogens is 1. The Morgan fingerprint density at radius 1 is 1.71 bits per heavy atom. The van der Waals surface area contributed by atoms with Gasteiger partial charge in [0.25, 0.3) is 5.91 Å². The van der Waals surface area contributed by atoms with Crippen LogP contribution in [0.15, 0.2) is 16.7 Å². The van der Waals surface area contributed by atoms with Crippen molar-refractivity contribution in [3.8, 4) is 0 Å². The number of anilines is 1. The molecule has 0 bridgehead atoms. The molecule has 92 valence electrons. The van der Waals surface area contributed by atoms with Crippen LogP contribution in [-0.2, 0) is 0 Å². The Morgan fingerprint density at radius 3 is 3.00 bits per heavy atom. The summed E-state index contributed by atoms with van der Waals surface area (Å²) < 4.78 is 0.751. The molecule has 0 aromatic carbocycles. The summed E-state index contributed by atoms with van der Waals surface area (Å²) in [6.45, 7) is 2.90. The van der Waals surface area contributed by atoms with E-state index in [4.69, 9.17) is 5.84 Å². The molecule has 2 rings (SSSR count). The summed E-state index contributed by atoms with van der Waals surface area (Å²) in [5.41, 5.74) is 2.88. The maximum atomic E-state index is 11.9. The second-order valence-corrected chi connectivity index (χ2v) is 5.29. The average Bonchev–Trinajstić information content (AvgIpc) is 3.02. The molecular weight excluding hydrogens is 284 g/mol. The Morgan fingerprint density at radius 2 is 2.41 bits per heavy atom. The van der Waals surface area contributed by atoms with E-state index in [-0.39, 0.29) is 5.91 Å². The predicted octanol–water partition coefficient (Wildman–Crippen LogP) is 1.52. The lowest BCUT2D eigenvalue weighted by Gasteiger charge is -2.09. The van der Waals surface area contributed by atoms with Crippen molar-refractivity contribution in [2.75, 3.05) is 12.0 Å². The zero-order chi connectivity index (χ0) is 12.4. The number of amides is 1. The number of carbonyl (C=O) groups excluding carboxylic acids is 1. The van der Waals surface area contributed by atoms with E-state index in [1.165, 1.54) is 6.42 Å². The molecule has 1 aliphatic rings. The first-order valence-electron chi connectivity index (χ1n) is 5.52. The molecule has 0 saturated heterocycles. The van der Waals surface area contributed by atoms with Gasteiger partial charge >= 0.3 is 0 Å². The van der Waals surface area contributed by atoms with Gasteiger partial charge in [0.05, 0.1) is 5.56 Å². The fourth-order valence-electron chi connectivity index (χ4n) is 1.73. The molecule has 4 N–H and O–H groups in total. The highest BCUT2D eigenvalue weighted by atomic mass is 79.9. The topological polar surface area (TPSA) is 80.0 Å². The number of pyridine rings is 1. The molecule has 1 aliphatic carbocycles. The minimum atomic E-state index is -0.147. The van der Waals surface area contributed by atoms with Crippen molar-refractivity contribution in [2.45, 2.75) is 13.3 Å². The van der Waals surface area contributed by atoms with E-state index < -0.39 is 0 Å². The monoisotopic (exact) mass is 298 g/mol. The van der Waals surface area contributed by atoms with Crippen LogP contribution in [0.1, 0.15) is 23.7 Å². The van der Waals surface area contributed by atoms with Crippen LogP contribution in [0.4, 0.5) is 5.82 Å². The van der Waals surface area contributed by atoms with E-state index in [1.807, 2.05) is 0 Å². The van der Waals surface area contributed by atoms with E-state index in [0.29, 0.717) is 17.3 Å². The number of nitrogens with two attached hydrogens (primary N) is 1. The van der Waals surface area contributed by atoms with E-state index in [9.17, 15) is 4.79 Å². The van der Waals surface area contributed by atoms with Gasteiger partial charge in [0.2, 0.25) is 0 Å². The molecule has 1 saturated carbocycles. The van der Waals surface area contributed by atoms with Gasteiger partial charge in [-0.05, 0) is 40.3 Å². The third-order valence-corrected chi connectivity index (χ3v) is 3.47. The van der Waals surface area contributed by atoms with Crippen molar-refractivity contribution < 1.29 is 4.79 Å². The van der Waals surface area contributed by atoms with Crippen molar-refractivity contribution in [3.63, 3.8) is 0 Å². The summed E-state index contributed by atoms with van der Waals surface area (Å²) in [5, 5.41) is 2.90. The minimum Gasteiger partial charge on any atom is -0.352 e. The normalized spacial score (nSPS) is 22.1. The lowest BCUT2D eigenvalue weighted by molar-refractivity contribution is 0.0952. The zero-order valence-corrected chi connectivity index (χ0v) is 11.1. The van der Waals surface area contributed by atoms with Crippen LogP contribution in [0.25, 0.3) is 0 Å². The summed E-state index contributed by atoms with van der Waals surface area (Å²) in [7, 11) is 0. The van der Waals surface area contributed by atoms with E-state index >= 15 is 0 Å². The first-order chi connectivity index (χ1) is 8.11. The molecule has 0 aliphatic heterocycles. The van der Waals surface area contributed by atoms with Crippen molar-refractivity contribution in [3.05, 3.63) is 22.3 Å². The molecule has 2 unspecified atom stereocenters. The van der Waals surface area contributed by atoms with E-state index in [0.717, 1.165) is 16.9 Å². The van der Waals surface area contributed by atoms with Crippen molar-refractivity contribution >= 4 is 27.7 Å². The van der Waals surface area contributed by atoms with E-state index in [2.05, 4.69) is 38.6 Å². The van der Waals surface area contributed by atoms with Gasteiger partial charge < -0.3 is 10.7 Å². The Kier molecular flexibility index (Phi) is 3.63. The summed E-state index contributed by atoms with van der Waals surface area (Å²) in [4.78, 5) is 16.0. The largest absolute Gasteiger partial charge is 0.352 e. The molecule has 1 aromatic rings. The molecule has 1 aromatic heterocycles. The Bertz CT molecular complexity index is 437. The van der Waals surface area contributed by atoms with Crippen LogP contribution in [0.5, 0.6) is 0 Å². The Balaban J connectivity index is 2.04. The Labute approximate surface area is 108 Å². The maximum absolute atomic E-state index is 11.9. The molecule has 0 spiro atoms. The van der Waals surface area contributed by atoms with Gasteiger partial charge in [-0.25, -0.2) is 10.8 Å². The summed E-state index contributed by atoms with van der Waals surface area (Å²) in [5.74, 6) is 6.90. The van der Waals surface area contributed by atoms with Gasteiger partial charge in [-0.2, -0.15) is 0 Å². The quantitative estimate of drug-likeness (QED) is 0.581. The SMILES string of the molecule is CC1CC1CNC(=O)c1cc(Br)cnc1NN. The lowest BCUT2D eigenvalue weighted by atomic mass is 10.2. The van der Waals surface area contributed by atoms with Gasteiger partial charge in [0.1, 0.15) is 0 Å².